The average Bonchev–Trinajstić information content (AvgIpc) is 3.14. The summed E-state index contributed by atoms with van der Waals surface area (Å²) in [6.07, 6.45) is 3.97. The molecule has 0 unspecified atom stereocenters. The number of aromatic nitrogens is 1. The zero-order valence-corrected chi connectivity index (χ0v) is 16.8. The van der Waals surface area contributed by atoms with Crippen LogP contribution in [0.2, 0.25) is 5.15 Å². The summed E-state index contributed by atoms with van der Waals surface area (Å²) in [5.41, 5.74) is 5.48. The summed E-state index contributed by atoms with van der Waals surface area (Å²) in [4.78, 5) is 12.3. The van der Waals surface area contributed by atoms with Crippen molar-refractivity contribution < 1.29 is 9.53 Å². The monoisotopic (exact) mass is 401 g/mol. The van der Waals surface area contributed by atoms with Crippen molar-refractivity contribution in [3.8, 4) is 11.1 Å². The minimum Gasteiger partial charge on any atom is -0.462 e. The number of carbonyl (C=O) groups is 1. The molecule has 0 spiro atoms. The van der Waals surface area contributed by atoms with Crippen LogP contribution in [0.25, 0.3) is 28.8 Å². The van der Waals surface area contributed by atoms with Crippen molar-refractivity contribution in [2.75, 3.05) is 6.61 Å². The maximum atomic E-state index is 12.3. The van der Waals surface area contributed by atoms with E-state index in [1.807, 2.05) is 53.0 Å². The van der Waals surface area contributed by atoms with Gasteiger partial charge in [-0.05, 0) is 47.9 Å². The fraction of sp³-hybridized carbons (Fsp3) is 0.0800. The van der Waals surface area contributed by atoms with Gasteiger partial charge in [0.15, 0.2) is 0 Å². The summed E-state index contributed by atoms with van der Waals surface area (Å²) >= 11 is 6.40. The van der Waals surface area contributed by atoms with E-state index in [0.717, 1.165) is 16.8 Å². The van der Waals surface area contributed by atoms with Gasteiger partial charge in [0.25, 0.3) is 0 Å². The smallest absolute Gasteiger partial charge is 0.340 e. The summed E-state index contributed by atoms with van der Waals surface area (Å²) in [5, 5.41) is 0.539. The molecule has 2 aromatic heterocycles. The lowest BCUT2D eigenvalue weighted by atomic mass is 10.0. The molecule has 0 aliphatic heterocycles. The van der Waals surface area contributed by atoms with Crippen LogP contribution in [0.3, 0.4) is 0 Å². The molecule has 144 valence electrons. The Hall–Kier alpha value is -3.30. The predicted octanol–water partition coefficient (Wildman–Crippen LogP) is 6.61. The van der Waals surface area contributed by atoms with Gasteiger partial charge in [0, 0.05) is 5.69 Å². The zero-order valence-electron chi connectivity index (χ0n) is 16.0. The van der Waals surface area contributed by atoms with Gasteiger partial charge in [-0.15, -0.1) is 0 Å². The van der Waals surface area contributed by atoms with Crippen molar-refractivity contribution in [2.45, 2.75) is 6.92 Å². The molecule has 3 nitrogen and oxygen atoms in total. The molecule has 2 aromatic carbocycles. The Morgan fingerprint density at radius 1 is 0.931 bits per heavy atom. The lowest BCUT2D eigenvalue weighted by Gasteiger charge is -2.03. The van der Waals surface area contributed by atoms with Crippen LogP contribution < -0.4 is 0 Å². The molecule has 0 fully saturated rings. The Kier molecular flexibility index (Phi) is 5.50. The van der Waals surface area contributed by atoms with Crippen LogP contribution >= 0.6 is 11.6 Å². The van der Waals surface area contributed by atoms with Crippen molar-refractivity contribution in [1.29, 1.82) is 0 Å². The lowest BCUT2D eigenvalue weighted by molar-refractivity contribution is 0.0529. The van der Waals surface area contributed by atoms with Crippen molar-refractivity contribution in [3.05, 3.63) is 101 Å². The highest BCUT2D eigenvalue weighted by Crippen LogP contribution is 2.25. The number of pyridine rings is 1. The topological polar surface area (TPSA) is 30.7 Å². The van der Waals surface area contributed by atoms with E-state index in [9.17, 15) is 4.79 Å². The highest BCUT2D eigenvalue weighted by molar-refractivity contribution is 6.30. The van der Waals surface area contributed by atoms with Gasteiger partial charge >= 0.3 is 5.97 Å². The van der Waals surface area contributed by atoms with Crippen LogP contribution in [0.15, 0.2) is 78.9 Å². The quantitative estimate of drug-likeness (QED) is 0.278. The Morgan fingerprint density at radius 3 is 2.38 bits per heavy atom. The van der Waals surface area contributed by atoms with Crippen LogP contribution in [0, 0.1) is 0 Å². The highest BCUT2D eigenvalue weighted by atomic mass is 35.5. The van der Waals surface area contributed by atoms with Gasteiger partial charge in [-0.25, -0.2) is 4.79 Å². The first-order valence-corrected chi connectivity index (χ1v) is 9.86. The normalized spacial score (nSPS) is 11.2. The molecular weight excluding hydrogens is 382 g/mol. The maximum absolute atomic E-state index is 12.3. The van der Waals surface area contributed by atoms with E-state index in [2.05, 4.69) is 36.4 Å². The Bertz CT molecular complexity index is 1170. The second-order valence-corrected chi connectivity index (χ2v) is 6.98. The fourth-order valence-corrected chi connectivity index (χ4v) is 3.60. The van der Waals surface area contributed by atoms with Gasteiger partial charge in [0.05, 0.1) is 17.7 Å². The van der Waals surface area contributed by atoms with Gasteiger partial charge in [-0.3, -0.25) is 4.40 Å². The number of fused-ring (bicyclic) bond motifs is 1. The summed E-state index contributed by atoms with van der Waals surface area (Å²) in [7, 11) is 0. The number of hydrogen-bond donors (Lipinski definition) is 0. The number of hydrogen-bond acceptors (Lipinski definition) is 2. The Balaban J connectivity index is 1.67. The standard InChI is InChI=1S/C25H20ClNO2/c1-2-29-25(28)22-17-21(27-23(22)9-6-10-24(27)26)16-13-18-11-14-20(15-12-18)19-7-4-3-5-8-19/h3-17H,2H2,1H3/b16-13+. The molecule has 0 saturated heterocycles. The van der Waals surface area contributed by atoms with Crippen LogP contribution in [0.1, 0.15) is 28.5 Å². The van der Waals surface area contributed by atoms with E-state index in [-0.39, 0.29) is 5.97 Å². The predicted molar refractivity (Wildman–Crippen MR) is 119 cm³/mol. The SMILES string of the molecule is CCOC(=O)c1cc(/C=C/c2ccc(-c3ccccc3)cc2)n2c(Cl)cccc12. The molecular formula is C25H20ClNO2. The molecule has 0 bridgehead atoms. The first kappa shape index (κ1) is 19.0. The van der Waals surface area contributed by atoms with Gasteiger partial charge in [0.1, 0.15) is 5.15 Å². The van der Waals surface area contributed by atoms with Gasteiger partial charge in [-0.2, -0.15) is 0 Å². The third-order valence-electron chi connectivity index (χ3n) is 4.73. The number of carbonyl (C=O) groups excluding carboxylic acids is 1. The van der Waals surface area contributed by atoms with Gasteiger partial charge in [-0.1, -0.05) is 78.3 Å². The largest absolute Gasteiger partial charge is 0.462 e. The van der Waals surface area contributed by atoms with Crippen LogP contribution in [0.4, 0.5) is 0 Å². The second kappa shape index (κ2) is 8.38. The lowest BCUT2D eigenvalue weighted by Crippen LogP contribution is -2.03. The molecule has 2 heterocycles. The summed E-state index contributed by atoms with van der Waals surface area (Å²) in [5.74, 6) is -0.348. The molecule has 0 atom stereocenters. The molecule has 0 aliphatic rings. The van der Waals surface area contributed by atoms with E-state index in [1.165, 1.54) is 11.1 Å². The highest BCUT2D eigenvalue weighted by Gasteiger charge is 2.16. The zero-order chi connectivity index (χ0) is 20.2. The third-order valence-corrected chi connectivity index (χ3v) is 5.02. The molecule has 4 heteroatoms. The summed E-state index contributed by atoms with van der Waals surface area (Å²) in [6.45, 7) is 2.12. The van der Waals surface area contributed by atoms with E-state index in [0.29, 0.717) is 17.3 Å². The van der Waals surface area contributed by atoms with Crippen molar-refractivity contribution in [1.82, 2.24) is 4.40 Å². The molecule has 0 aliphatic carbocycles. The second-order valence-electron chi connectivity index (χ2n) is 6.59. The van der Waals surface area contributed by atoms with Gasteiger partial charge < -0.3 is 4.74 Å². The maximum Gasteiger partial charge on any atom is 0.340 e. The van der Waals surface area contributed by atoms with Crippen LogP contribution in [0.5, 0.6) is 0 Å². The van der Waals surface area contributed by atoms with Gasteiger partial charge in [0.2, 0.25) is 0 Å². The molecule has 29 heavy (non-hydrogen) atoms. The molecule has 0 radical (unpaired) electrons. The Morgan fingerprint density at radius 2 is 1.66 bits per heavy atom. The average molecular weight is 402 g/mol. The number of esters is 1. The fourth-order valence-electron chi connectivity index (χ4n) is 3.34. The van der Waals surface area contributed by atoms with E-state index in [1.54, 1.807) is 13.0 Å². The molecule has 4 aromatic rings. The minimum absolute atomic E-state index is 0.329. The molecule has 0 N–H and O–H groups in total. The van der Waals surface area contributed by atoms with E-state index >= 15 is 0 Å². The summed E-state index contributed by atoms with van der Waals surface area (Å²) in [6, 6.07) is 25.9. The van der Waals surface area contributed by atoms with Crippen molar-refractivity contribution in [3.63, 3.8) is 0 Å². The Labute approximate surface area is 174 Å². The van der Waals surface area contributed by atoms with Crippen LogP contribution in [-0.4, -0.2) is 17.0 Å². The number of nitrogens with zero attached hydrogens (tertiary/aromatic N) is 1. The third kappa shape index (κ3) is 3.96. The number of rotatable bonds is 5. The molecule has 0 saturated carbocycles. The molecule has 0 amide bonds. The van der Waals surface area contributed by atoms with Crippen molar-refractivity contribution in [2.24, 2.45) is 0 Å². The molecule has 4 rings (SSSR count). The summed E-state index contributed by atoms with van der Waals surface area (Å²) < 4.78 is 7.04. The first-order chi connectivity index (χ1) is 14.2. The number of ether oxygens (including phenoxy) is 1. The number of benzene rings is 2. The van der Waals surface area contributed by atoms with E-state index < -0.39 is 0 Å². The van der Waals surface area contributed by atoms with Crippen molar-refractivity contribution >= 4 is 35.2 Å². The van der Waals surface area contributed by atoms with E-state index in [4.69, 9.17) is 16.3 Å². The first-order valence-electron chi connectivity index (χ1n) is 9.48. The number of halogens is 1. The van der Waals surface area contributed by atoms with Crippen LogP contribution in [-0.2, 0) is 4.74 Å². The minimum atomic E-state index is -0.348.